The van der Waals surface area contributed by atoms with Crippen LogP contribution in [0, 0.1) is 11.8 Å². The van der Waals surface area contributed by atoms with Crippen molar-refractivity contribution in [3.8, 4) is 11.8 Å². The third-order valence-corrected chi connectivity index (χ3v) is 3.30. The van der Waals surface area contributed by atoms with E-state index in [-0.39, 0.29) is 0 Å². The Bertz CT molecular complexity index is 460. The van der Waals surface area contributed by atoms with Crippen molar-refractivity contribution in [3.63, 3.8) is 0 Å². The number of thiophene rings is 1. The van der Waals surface area contributed by atoms with Crippen molar-refractivity contribution in [2.45, 2.75) is 39.0 Å². The van der Waals surface area contributed by atoms with Crippen LogP contribution in [-0.2, 0) is 4.79 Å². The summed E-state index contributed by atoms with van der Waals surface area (Å²) in [4.78, 5) is 11.3. The second-order valence-electron chi connectivity index (χ2n) is 4.02. The predicted molar refractivity (Wildman–Crippen MR) is 76.6 cm³/mol. The zero-order valence-corrected chi connectivity index (χ0v) is 11.4. The minimum atomic E-state index is -0.924. The van der Waals surface area contributed by atoms with Gasteiger partial charge in [-0.2, -0.15) is 0 Å². The highest BCUT2D eigenvalue weighted by Gasteiger charge is 1.94. The Morgan fingerprint density at radius 3 is 3.00 bits per heavy atom. The first kappa shape index (κ1) is 14.5. The number of carbonyl (C=O) groups is 1. The summed E-state index contributed by atoms with van der Waals surface area (Å²) in [5.41, 5.74) is 0.973. The Labute approximate surface area is 112 Å². The fraction of sp³-hybridized carbons (Fsp3) is 0.400. The summed E-state index contributed by atoms with van der Waals surface area (Å²) < 4.78 is 0. The van der Waals surface area contributed by atoms with Crippen molar-refractivity contribution in [1.82, 2.24) is 0 Å². The van der Waals surface area contributed by atoms with Crippen molar-refractivity contribution in [1.29, 1.82) is 0 Å². The number of carboxylic acid groups (broad SMARTS) is 1. The van der Waals surface area contributed by atoms with Gasteiger partial charge in [0.2, 0.25) is 0 Å². The molecule has 0 aliphatic heterocycles. The van der Waals surface area contributed by atoms with E-state index in [0.29, 0.717) is 0 Å². The lowest BCUT2D eigenvalue weighted by Gasteiger charge is -1.91. The van der Waals surface area contributed by atoms with Crippen molar-refractivity contribution >= 4 is 23.4 Å². The Hall–Kier alpha value is -1.53. The maximum atomic E-state index is 10.4. The summed E-state index contributed by atoms with van der Waals surface area (Å²) in [6.07, 6.45) is 8.63. The third kappa shape index (κ3) is 6.27. The molecule has 0 amide bonds. The van der Waals surface area contributed by atoms with Crippen LogP contribution in [0.15, 0.2) is 17.5 Å². The van der Waals surface area contributed by atoms with Crippen LogP contribution in [0.3, 0.4) is 0 Å². The molecule has 0 aliphatic carbocycles. The van der Waals surface area contributed by atoms with E-state index >= 15 is 0 Å². The number of hydrogen-bond donors (Lipinski definition) is 1. The van der Waals surface area contributed by atoms with Crippen LogP contribution in [0.4, 0.5) is 0 Å². The van der Waals surface area contributed by atoms with Gasteiger partial charge in [-0.1, -0.05) is 38.0 Å². The number of carboxylic acids is 1. The molecule has 0 aliphatic rings. The summed E-state index contributed by atoms with van der Waals surface area (Å²) in [6.45, 7) is 2.20. The van der Waals surface area contributed by atoms with Gasteiger partial charge in [-0.3, -0.25) is 0 Å². The van der Waals surface area contributed by atoms with Gasteiger partial charge in [-0.25, -0.2) is 4.79 Å². The van der Waals surface area contributed by atoms with E-state index in [1.165, 1.54) is 30.6 Å². The Balaban J connectivity index is 2.39. The Kier molecular flexibility index (Phi) is 6.90. The van der Waals surface area contributed by atoms with Gasteiger partial charge in [-0.15, -0.1) is 11.3 Å². The van der Waals surface area contributed by atoms with Gasteiger partial charge >= 0.3 is 5.97 Å². The number of unbranched alkanes of at least 4 members (excludes halogenated alkanes) is 4. The minimum Gasteiger partial charge on any atom is -0.478 e. The van der Waals surface area contributed by atoms with Gasteiger partial charge in [0, 0.05) is 28.3 Å². The third-order valence-electron chi connectivity index (χ3n) is 2.40. The van der Waals surface area contributed by atoms with Crippen molar-refractivity contribution in [2.75, 3.05) is 0 Å². The summed E-state index contributed by atoms with van der Waals surface area (Å²) in [5, 5.41) is 10.5. The molecular weight excluding hydrogens is 244 g/mol. The number of aliphatic carboxylic acids is 1. The highest BCUT2D eigenvalue weighted by atomic mass is 32.1. The van der Waals surface area contributed by atoms with Crippen LogP contribution in [0.1, 0.15) is 49.5 Å². The second kappa shape index (κ2) is 8.54. The molecule has 0 bridgehead atoms. The lowest BCUT2D eigenvalue weighted by atomic mass is 10.1. The van der Waals surface area contributed by atoms with Gasteiger partial charge in [0.15, 0.2) is 0 Å². The maximum absolute atomic E-state index is 10.4. The lowest BCUT2D eigenvalue weighted by Crippen LogP contribution is -1.84. The monoisotopic (exact) mass is 262 g/mol. The van der Waals surface area contributed by atoms with Crippen molar-refractivity contribution in [3.05, 3.63) is 28.0 Å². The first-order valence-corrected chi connectivity index (χ1v) is 7.08. The first-order valence-electron chi connectivity index (χ1n) is 6.20. The molecule has 0 saturated carbocycles. The summed E-state index contributed by atoms with van der Waals surface area (Å²) in [7, 11) is 0. The zero-order valence-electron chi connectivity index (χ0n) is 10.6. The predicted octanol–water partition coefficient (Wildman–Crippen LogP) is 4.17. The molecule has 0 fully saturated rings. The minimum absolute atomic E-state index is 0.924. The maximum Gasteiger partial charge on any atom is 0.328 e. The van der Waals surface area contributed by atoms with E-state index in [2.05, 4.69) is 18.8 Å². The molecule has 1 N–H and O–H groups in total. The molecule has 3 heteroatoms. The fourth-order valence-electron chi connectivity index (χ4n) is 1.46. The van der Waals surface area contributed by atoms with Gasteiger partial charge in [-0.05, 0) is 18.6 Å². The van der Waals surface area contributed by atoms with E-state index in [4.69, 9.17) is 5.11 Å². The van der Waals surface area contributed by atoms with Gasteiger partial charge in [0.05, 0.1) is 0 Å². The molecule has 0 saturated heterocycles. The average molecular weight is 262 g/mol. The molecule has 0 unspecified atom stereocenters. The van der Waals surface area contributed by atoms with Crippen LogP contribution in [0.25, 0.3) is 6.08 Å². The van der Waals surface area contributed by atoms with E-state index in [9.17, 15) is 4.79 Å². The van der Waals surface area contributed by atoms with Gasteiger partial charge in [0.1, 0.15) is 0 Å². The number of rotatable bonds is 6. The molecule has 0 radical (unpaired) electrons. The fourth-order valence-corrected chi connectivity index (χ4v) is 2.20. The van der Waals surface area contributed by atoms with Crippen LogP contribution in [0.5, 0.6) is 0 Å². The molecule has 18 heavy (non-hydrogen) atoms. The topological polar surface area (TPSA) is 37.3 Å². The molecule has 1 aromatic rings. The SMILES string of the molecule is CCCCCCC#Cc1csc(C=CC(=O)O)c1. The van der Waals surface area contributed by atoms with Crippen molar-refractivity contribution in [2.24, 2.45) is 0 Å². The van der Waals surface area contributed by atoms with E-state index in [1.54, 1.807) is 6.08 Å². The van der Waals surface area contributed by atoms with Crippen LogP contribution < -0.4 is 0 Å². The second-order valence-corrected chi connectivity index (χ2v) is 4.96. The molecule has 2 nitrogen and oxygen atoms in total. The molecule has 96 valence electrons. The van der Waals surface area contributed by atoms with Crippen molar-refractivity contribution < 1.29 is 9.90 Å². The van der Waals surface area contributed by atoms with Gasteiger partial charge < -0.3 is 5.11 Å². The Morgan fingerprint density at radius 1 is 1.44 bits per heavy atom. The first-order chi connectivity index (χ1) is 8.72. The summed E-state index contributed by atoms with van der Waals surface area (Å²) >= 11 is 1.51. The standard InChI is InChI=1S/C15H18O2S/c1-2-3-4-5-6-7-8-13-11-14(18-12-13)9-10-15(16)17/h9-12H,2-6H2,1H3,(H,16,17). The molecule has 1 rings (SSSR count). The molecular formula is C15H18O2S. The van der Waals surface area contributed by atoms with E-state index in [1.807, 2.05) is 11.4 Å². The normalized spacial score (nSPS) is 10.3. The van der Waals surface area contributed by atoms with E-state index in [0.717, 1.165) is 29.4 Å². The molecule has 0 spiro atoms. The zero-order chi connectivity index (χ0) is 13.2. The number of hydrogen-bond acceptors (Lipinski definition) is 2. The highest BCUT2D eigenvalue weighted by molar-refractivity contribution is 7.11. The molecule has 0 atom stereocenters. The average Bonchev–Trinajstić information content (AvgIpc) is 2.79. The molecule has 1 heterocycles. The smallest absolute Gasteiger partial charge is 0.328 e. The van der Waals surface area contributed by atoms with Crippen LogP contribution in [-0.4, -0.2) is 11.1 Å². The van der Waals surface area contributed by atoms with Crippen LogP contribution in [0.2, 0.25) is 0 Å². The highest BCUT2D eigenvalue weighted by Crippen LogP contribution is 2.15. The largest absolute Gasteiger partial charge is 0.478 e. The van der Waals surface area contributed by atoms with Gasteiger partial charge in [0.25, 0.3) is 0 Å². The summed E-state index contributed by atoms with van der Waals surface area (Å²) in [5.74, 6) is 5.34. The summed E-state index contributed by atoms with van der Waals surface area (Å²) in [6, 6.07) is 1.92. The Morgan fingerprint density at radius 2 is 2.28 bits per heavy atom. The lowest BCUT2D eigenvalue weighted by molar-refractivity contribution is -0.131. The van der Waals surface area contributed by atoms with Crippen LogP contribution >= 0.6 is 11.3 Å². The quantitative estimate of drug-likeness (QED) is 0.474. The molecule has 1 aromatic heterocycles. The molecule has 0 aromatic carbocycles. The van der Waals surface area contributed by atoms with E-state index < -0.39 is 5.97 Å².